The molecular weight excluding hydrogens is 364 g/mol. The first kappa shape index (κ1) is 20.6. The summed E-state index contributed by atoms with van der Waals surface area (Å²) in [6.45, 7) is 6.40. The Balaban J connectivity index is 1.49. The van der Waals surface area contributed by atoms with Gasteiger partial charge >= 0.3 is 0 Å². The van der Waals surface area contributed by atoms with E-state index in [-0.39, 0.29) is 0 Å². The van der Waals surface area contributed by atoms with E-state index in [2.05, 4.69) is 80.2 Å². The first-order chi connectivity index (χ1) is 14.2. The first-order valence-corrected chi connectivity index (χ1v) is 10.1. The van der Waals surface area contributed by atoms with Gasteiger partial charge in [0.25, 0.3) is 0 Å². The van der Waals surface area contributed by atoms with Gasteiger partial charge in [0.15, 0.2) is 11.6 Å². The lowest BCUT2D eigenvalue weighted by Crippen LogP contribution is -2.42. The van der Waals surface area contributed by atoms with Crippen LogP contribution in [-0.4, -0.2) is 51.4 Å². The lowest BCUT2D eigenvalue weighted by molar-refractivity contribution is 0.593. The highest BCUT2D eigenvalue weighted by atomic mass is 15.3. The number of rotatable bonds is 9. The molecule has 1 unspecified atom stereocenters. The third-order valence-electron chi connectivity index (χ3n) is 4.64. The number of aryl methyl sites for hydroxylation is 2. The number of fused-ring (bicyclic) bond motifs is 1. The lowest BCUT2D eigenvalue weighted by atomic mass is 10.1. The van der Waals surface area contributed by atoms with Crippen molar-refractivity contribution in [3.05, 3.63) is 48.4 Å². The van der Waals surface area contributed by atoms with Crippen molar-refractivity contribution in [1.29, 1.82) is 0 Å². The maximum atomic E-state index is 4.68. The number of nitrogens with zero attached hydrogens (tertiary/aromatic N) is 5. The summed E-state index contributed by atoms with van der Waals surface area (Å²) in [6, 6.07) is 10.9. The molecular formula is C21H30N8. The number of aliphatic imine (C=N–C) groups is 1. The van der Waals surface area contributed by atoms with Gasteiger partial charge in [0, 0.05) is 26.2 Å². The molecule has 8 nitrogen and oxygen atoms in total. The summed E-state index contributed by atoms with van der Waals surface area (Å²) in [6.07, 6.45) is 5.42. The van der Waals surface area contributed by atoms with E-state index >= 15 is 0 Å². The third kappa shape index (κ3) is 5.91. The predicted molar refractivity (Wildman–Crippen MR) is 118 cm³/mol. The van der Waals surface area contributed by atoms with Crippen molar-refractivity contribution in [1.82, 2.24) is 30.4 Å². The fourth-order valence-corrected chi connectivity index (χ4v) is 3.10. The average Bonchev–Trinajstić information content (AvgIpc) is 3.12. The van der Waals surface area contributed by atoms with Gasteiger partial charge in [0.05, 0.1) is 18.1 Å². The maximum Gasteiger partial charge on any atom is 0.191 e. The van der Waals surface area contributed by atoms with Crippen LogP contribution < -0.4 is 16.0 Å². The number of hydrogen-bond donors (Lipinski definition) is 3. The number of nitrogens with one attached hydrogen (secondary N) is 3. The van der Waals surface area contributed by atoms with Crippen LogP contribution >= 0.6 is 0 Å². The zero-order valence-electron chi connectivity index (χ0n) is 17.4. The van der Waals surface area contributed by atoms with Crippen molar-refractivity contribution in [2.45, 2.75) is 32.7 Å². The summed E-state index contributed by atoms with van der Waals surface area (Å²) in [5.41, 5.74) is 2.17. The molecule has 8 heteroatoms. The molecule has 0 amide bonds. The average molecular weight is 395 g/mol. The fourth-order valence-electron chi connectivity index (χ4n) is 3.10. The van der Waals surface area contributed by atoms with Gasteiger partial charge in [-0.3, -0.25) is 9.67 Å². The molecule has 0 radical (unpaired) electrons. The molecule has 0 aliphatic carbocycles. The first-order valence-electron chi connectivity index (χ1n) is 10.1. The van der Waals surface area contributed by atoms with Crippen LogP contribution in [0.1, 0.15) is 25.8 Å². The SMILES string of the molecule is CCNC(=NCCNc1ncnc2c1cnn2C)NC(C)CCc1ccccc1. The molecule has 3 rings (SSSR count). The zero-order chi connectivity index (χ0) is 20.5. The Labute approximate surface area is 171 Å². The van der Waals surface area contributed by atoms with Crippen LogP contribution in [0.15, 0.2) is 47.8 Å². The molecule has 1 aromatic carbocycles. The molecule has 2 heterocycles. The smallest absolute Gasteiger partial charge is 0.191 e. The molecule has 0 aliphatic rings. The van der Waals surface area contributed by atoms with Crippen molar-refractivity contribution in [2.75, 3.05) is 25.0 Å². The second-order valence-electron chi connectivity index (χ2n) is 6.98. The predicted octanol–water partition coefficient (Wildman–Crippen LogP) is 2.35. The maximum absolute atomic E-state index is 4.68. The number of anilines is 1. The number of benzene rings is 1. The standard InChI is InChI=1S/C21H30N8/c1-4-22-21(28-16(2)10-11-17-8-6-5-7-9-17)24-13-12-23-19-18-14-27-29(3)20(18)26-15-25-19/h5-9,14-16H,4,10-13H2,1-3H3,(H2,22,24,28)(H,23,25,26). The van der Waals surface area contributed by atoms with E-state index in [4.69, 9.17) is 0 Å². The van der Waals surface area contributed by atoms with E-state index in [0.29, 0.717) is 19.1 Å². The molecule has 0 bridgehead atoms. The van der Waals surface area contributed by atoms with Crippen LogP contribution in [0.5, 0.6) is 0 Å². The second-order valence-corrected chi connectivity index (χ2v) is 6.98. The van der Waals surface area contributed by atoms with E-state index < -0.39 is 0 Å². The Morgan fingerprint density at radius 3 is 2.83 bits per heavy atom. The fraction of sp³-hybridized carbons (Fsp3) is 0.429. The Morgan fingerprint density at radius 1 is 1.21 bits per heavy atom. The number of hydrogen-bond acceptors (Lipinski definition) is 5. The van der Waals surface area contributed by atoms with Gasteiger partial charge in [0.2, 0.25) is 0 Å². The lowest BCUT2D eigenvalue weighted by Gasteiger charge is -2.18. The largest absolute Gasteiger partial charge is 0.367 e. The normalized spacial score (nSPS) is 12.7. The van der Waals surface area contributed by atoms with Crippen LogP contribution in [0.25, 0.3) is 11.0 Å². The molecule has 3 aromatic rings. The number of guanidine groups is 1. The molecule has 2 aromatic heterocycles. The van der Waals surface area contributed by atoms with Gasteiger partial charge in [-0.15, -0.1) is 0 Å². The highest BCUT2D eigenvalue weighted by molar-refractivity contribution is 5.86. The van der Waals surface area contributed by atoms with E-state index in [1.165, 1.54) is 5.56 Å². The van der Waals surface area contributed by atoms with Crippen LogP contribution in [0.4, 0.5) is 5.82 Å². The molecule has 29 heavy (non-hydrogen) atoms. The van der Waals surface area contributed by atoms with E-state index in [9.17, 15) is 0 Å². The topological polar surface area (TPSA) is 92.1 Å². The summed E-state index contributed by atoms with van der Waals surface area (Å²) in [5, 5.41) is 15.3. The summed E-state index contributed by atoms with van der Waals surface area (Å²) in [7, 11) is 1.87. The van der Waals surface area contributed by atoms with Gasteiger partial charge in [0.1, 0.15) is 12.1 Å². The Hall–Kier alpha value is -3.16. The summed E-state index contributed by atoms with van der Waals surface area (Å²) in [4.78, 5) is 13.3. The van der Waals surface area contributed by atoms with Crippen LogP contribution in [0, 0.1) is 0 Å². The van der Waals surface area contributed by atoms with Gasteiger partial charge in [-0.1, -0.05) is 30.3 Å². The molecule has 0 aliphatic heterocycles. The molecule has 1 atom stereocenters. The van der Waals surface area contributed by atoms with Gasteiger partial charge in [-0.05, 0) is 32.3 Å². The molecule has 0 fully saturated rings. The highest BCUT2D eigenvalue weighted by Crippen LogP contribution is 2.17. The van der Waals surface area contributed by atoms with Gasteiger partial charge < -0.3 is 16.0 Å². The van der Waals surface area contributed by atoms with Crippen LogP contribution in [0.2, 0.25) is 0 Å². The van der Waals surface area contributed by atoms with Crippen molar-refractivity contribution >= 4 is 22.8 Å². The van der Waals surface area contributed by atoms with Crippen LogP contribution in [0.3, 0.4) is 0 Å². The summed E-state index contributed by atoms with van der Waals surface area (Å²) in [5.74, 6) is 1.62. The molecule has 3 N–H and O–H groups in total. The molecule has 154 valence electrons. The Morgan fingerprint density at radius 2 is 2.03 bits per heavy atom. The minimum absolute atomic E-state index is 0.331. The highest BCUT2D eigenvalue weighted by Gasteiger charge is 2.08. The minimum atomic E-state index is 0.331. The zero-order valence-corrected chi connectivity index (χ0v) is 17.4. The van der Waals surface area contributed by atoms with Crippen molar-refractivity contribution < 1.29 is 0 Å². The van der Waals surface area contributed by atoms with E-state index in [0.717, 1.165) is 42.2 Å². The van der Waals surface area contributed by atoms with Crippen molar-refractivity contribution in [3.63, 3.8) is 0 Å². The van der Waals surface area contributed by atoms with Gasteiger partial charge in [-0.2, -0.15) is 5.10 Å². The molecule has 0 saturated heterocycles. The molecule has 0 spiro atoms. The van der Waals surface area contributed by atoms with Crippen LogP contribution in [-0.2, 0) is 13.5 Å². The minimum Gasteiger partial charge on any atom is -0.367 e. The van der Waals surface area contributed by atoms with Crippen molar-refractivity contribution in [3.8, 4) is 0 Å². The Bertz CT molecular complexity index is 919. The Kier molecular flexibility index (Phi) is 7.38. The monoisotopic (exact) mass is 394 g/mol. The molecule has 0 saturated carbocycles. The van der Waals surface area contributed by atoms with Gasteiger partial charge in [-0.25, -0.2) is 9.97 Å². The van der Waals surface area contributed by atoms with E-state index in [1.807, 2.05) is 7.05 Å². The number of aromatic nitrogens is 4. The van der Waals surface area contributed by atoms with E-state index in [1.54, 1.807) is 17.2 Å². The summed E-state index contributed by atoms with van der Waals surface area (Å²) < 4.78 is 1.74. The quantitative estimate of drug-likeness (QED) is 0.293. The third-order valence-corrected chi connectivity index (χ3v) is 4.64. The second kappa shape index (κ2) is 10.4. The van der Waals surface area contributed by atoms with Crippen molar-refractivity contribution in [2.24, 2.45) is 12.0 Å². The summed E-state index contributed by atoms with van der Waals surface area (Å²) >= 11 is 0.